The van der Waals surface area contributed by atoms with Crippen LogP contribution in [0.15, 0.2) is 18.2 Å². The first-order valence-electron chi connectivity index (χ1n) is 6.07. The summed E-state index contributed by atoms with van der Waals surface area (Å²) in [5, 5.41) is 0. The van der Waals surface area contributed by atoms with Crippen molar-refractivity contribution in [1.82, 2.24) is 0 Å². The summed E-state index contributed by atoms with van der Waals surface area (Å²) in [6, 6.07) is 4.63. The summed E-state index contributed by atoms with van der Waals surface area (Å²) in [5.74, 6) is -0.169. The van der Waals surface area contributed by atoms with Crippen LogP contribution in [0.2, 0.25) is 0 Å². The number of rotatable bonds is 4. The zero-order chi connectivity index (χ0) is 13.1. The van der Waals surface area contributed by atoms with Crippen LogP contribution in [0.25, 0.3) is 0 Å². The number of hydrogen-bond donors (Lipinski definition) is 0. The topological polar surface area (TPSA) is 35.5 Å². The van der Waals surface area contributed by atoms with Crippen LogP contribution >= 0.6 is 0 Å². The van der Waals surface area contributed by atoms with Gasteiger partial charge in [-0.15, -0.1) is 0 Å². The number of benzene rings is 1. The van der Waals surface area contributed by atoms with E-state index in [2.05, 4.69) is 0 Å². The molecule has 18 heavy (non-hydrogen) atoms. The van der Waals surface area contributed by atoms with Crippen molar-refractivity contribution in [2.45, 2.75) is 25.9 Å². The average molecular weight is 252 g/mol. The van der Waals surface area contributed by atoms with Gasteiger partial charge in [-0.2, -0.15) is 0 Å². The van der Waals surface area contributed by atoms with Gasteiger partial charge in [-0.1, -0.05) is 6.07 Å². The first-order valence-corrected chi connectivity index (χ1v) is 6.07. The lowest BCUT2D eigenvalue weighted by Gasteiger charge is -2.08. The highest BCUT2D eigenvalue weighted by Gasteiger charge is 2.28. The normalized spacial score (nSPS) is 23.1. The molecule has 1 fully saturated rings. The van der Waals surface area contributed by atoms with Gasteiger partial charge in [0.2, 0.25) is 0 Å². The fourth-order valence-corrected chi connectivity index (χ4v) is 2.21. The van der Waals surface area contributed by atoms with Crippen molar-refractivity contribution in [3.05, 3.63) is 29.6 Å². The van der Waals surface area contributed by atoms with Gasteiger partial charge in [-0.3, -0.25) is 4.79 Å². The second-order valence-corrected chi connectivity index (χ2v) is 4.69. The SMILES string of the molecule is COc1ccc(CC(=O)C2COC(C)C2)cc1F. The third-order valence-electron chi connectivity index (χ3n) is 3.25. The molecule has 0 aliphatic carbocycles. The van der Waals surface area contributed by atoms with E-state index in [1.807, 2.05) is 6.92 Å². The van der Waals surface area contributed by atoms with E-state index in [0.29, 0.717) is 12.2 Å². The highest BCUT2D eigenvalue weighted by atomic mass is 19.1. The Hall–Kier alpha value is -1.42. The molecule has 98 valence electrons. The van der Waals surface area contributed by atoms with Gasteiger partial charge in [0.25, 0.3) is 0 Å². The smallest absolute Gasteiger partial charge is 0.165 e. The van der Waals surface area contributed by atoms with Crippen LogP contribution in [-0.4, -0.2) is 25.6 Å². The predicted molar refractivity (Wildman–Crippen MR) is 65.2 cm³/mol. The Morgan fingerprint density at radius 2 is 2.33 bits per heavy atom. The van der Waals surface area contributed by atoms with Crippen LogP contribution in [0.4, 0.5) is 4.39 Å². The fourth-order valence-electron chi connectivity index (χ4n) is 2.21. The third-order valence-corrected chi connectivity index (χ3v) is 3.25. The molecule has 0 spiro atoms. The first-order chi connectivity index (χ1) is 8.60. The van der Waals surface area contributed by atoms with E-state index in [9.17, 15) is 9.18 Å². The lowest BCUT2D eigenvalue weighted by atomic mass is 9.95. The maximum atomic E-state index is 13.5. The molecule has 0 bridgehead atoms. The Labute approximate surface area is 106 Å². The van der Waals surface area contributed by atoms with Gasteiger partial charge < -0.3 is 9.47 Å². The van der Waals surface area contributed by atoms with Gasteiger partial charge in [-0.05, 0) is 31.0 Å². The molecule has 0 N–H and O–H groups in total. The van der Waals surface area contributed by atoms with Crippen LogP contribution in [-0.2, 0) is 16.0 Å². The number of hydrogen-bond acceptors (Lipinski definition) is 3. The van der Waals surface area contributed by atoms with Crippen molar-refractivity contribution in [2.75, 3.05) is 13.7 Å². The minimum absolute atomic E-state index is 0.0508. The molecule has 3 nitrogen and oxygen atoms in total. The van der Waals surface area contributed by atoms with Crippen LogP contribution in [0, 0.1) is 11.7 Å². The summed E-state index contributed by atoms with van der Waals surface area (Å²) < 4.78 is 23.7. The fraction of sp³-hybridized carbons (Fsp3) is 0.500. The number of halogens is 1. The molecule has 2 rings (SSSR count). The summed E-state index contributed by atoms with van der Waals surface area (Å²) in [6.45, 7) is 2.44. The van der Waals surface area contributed by atoms with Crippen LogP contribution in [0.5, 0.6) is 5.75 Å². The average Bonchev–Trinajstić information content (AvgIpc) is 2.76. The van der Waals surface area contributed by atoms with Gasteiger partial charge in [0, 0.05) is 12.3 Å². The molecule has 0 radical (unpaired) electrons. The number of carbonyl (C=O) groups excluding carboxylic acids is 1. The van der Waals surface area contributed by atoms with Gasteiger partial charge in [0.15, 0.2) is 11.6 Å². The van der Waals surface area contributed by atoms with E-state index in [0.717, 1.165) is 6.42 Å². The van der Waals surface area contributed by atoms with E-state index in [4.69, 9.17) is 9.47 Å². The highest BCUT2D eigenvalue weighted by molar-refractivity contribution is 5.83. The van der Waals surface area contributed by atoms with E-state index in [-0.39, 0.29) is 30.0 Å². The maximum absolute atomic E-state index is 13.5. The zero-order valence-electron chi connectivity index (χ0n) is 10.6. The van der Waals surface area contributed by atoms with Crippen molar-refractivity contribution in [3.8, 4) is 5.75 Å². The summed E-state index contributed by atoms with van der Waals surface area (Å²) in [6.07, 6.45) is 1.16. The van der Waals surface area contributed by atoms with Crippen molar-refractivity contribution in [3.63, 3.8) is 0 Å². The molecule has 0 amide bonds. The Bertz CT molecular complexity index is 445. The summed E-state index contributed by atoms with van der Waals surface area (Å²) >= 11 is 0. The third kappa shape index (κ3) is 2.88. The van der Waals surface area contributed by atoms with Gasteiger partial charge >= 0.3 is 0 Å². The molecule has 0 saturated carbocycles. The minimum Gasteiger partial charge on any atom is -0.494 e. The summed E-state index contributed by atoms with van der Waals surface area (Å²) in [7, 11) is 1.42. The molecule has 2 atom stereocenters. The molecular formula is C14H17FO3. The van der Waals surface area contributed by atoms with Gasteiger partial charge in [0.1, 0.15) is 5.78 Å². The number of methoxy groups -OCH3 is 1. The number of carbonyl (C=O) groups is 1. The molecule has 1 aliphatic heterocycles. The van der Waals surface area contributed by atoms with E-state index in [1.165, 1.54) is 13.2 Å². The van der Waals surface area contributed by atoms with Crippen LogP contribution < -0.4 is 4.74 Å². The lowest BCUT2D eigenvalue weighted by molar-refractivity contribution is -0.122. The van der Waals surface area contributed by atoms with Gasteiger partial charge in [-0.25, -0.2) is 4.39 Å². The van der Waals surface area contributed by atoms with Crippen LogP contribution in [0.3, 0.4) is 0 Å². The standard InChI is InChI=1S/C14H17FO3/c1-9-5-11(8-18-9)13(16)7-10-3-4-14(17-2)12(15)6-10/h3-4,6,9,11H,5,7-8H2,1-2H3. The van der Waals surface area contributed by atoms with Crippen molar-refractivity contribution in [1.29, 1.82) is 0 Å². The van der Waals surface area contributed by atoms with Crippen molar-refractivity contribution >= 4 is 5.78 Å². The Morgan fingerprint density at radius 3 is 2.89 bits per heavy atom. The number of ketones is 1. The maximum Gasteiger partial charge on any atom is 0.165 e. The molecule has 1 aromatic carbocycles. The molecule has 0 aromatic heterocycles. The number of Topliss-reactive ketones (excluding diaryl/α,β-unsaturated/α-hetero) is 1. The minimum atomic E-state index is -0.432. The molecule has 1 aliphatic rings. The quantitative estimate of drug-likeness (QED) is 0.825. The summed E-state index contributed by atoms with van der Waals surface area (Å²) in [4.78, 5) is 12.0. The van der Waals surface area contributed by atoms with Crippen LogP contribution in [0.1, 0.15) is 18.9 Å². The largest absolute Gasteiger partial charge is 0.494 e. The molecule has 1 heterocycles. The molecule has 4 heteroatoms. The highest BCUT2D eigenvalue weighted by Crippen LogP contribution is 2.23. The lowest BCUT2D eigenvalue weighted by Crippen LogP contribution is -2.17. The van der Waals surface area contributed by atoms with E-state index < -0.39 is 5.82 Å². The Morgan fingerprint density at radius 1 is 1.56 bits per heavy atom. The Kier molecular flexibility index (Phi) is 3.97. The monoisotopic (exact) mass is 252 g/mol. The molecule has 1 aromatic rings. The Balaban J connectivity index is 2.01. The van der Waals surface area contributed by atoms with E-state index in [1.54, 1.807) is 12.1 Å². The van der Waals surface area contributed by atoms with Crippen molar-refractivity contribution < 1.29 is 18.7 Å². The van der Waals surface area contributed by atoms with Gasteiger partial charge in [0.05, 0.1) is 19.8 Å². The molecule has 2 unspecified atom stereocenters. The first kappa shape index (κ1) is 13.0. The zero-order valence-corrected chi connectivity index (χ0v) is 10.6. The van der Waals surface area contributed by atoms with E-state index >= 15 is 0 Å². The molecule has 1 saturated heterocycles. The molecular weight excluding hydrogens is 235 g/mol. The summed E-state index contributed by atoms with van der Waals surface area (Å²) in [5.41, 5.74) is 0.679. The predicted octanol–water partition coefficient (Wildman–Crippen LogP) is 2.37. The second kappa shape index (κ2) is 5.48. The second-order valence-electron chi connectivity index (χ2n) is 4.69. The number of ether oxygens (including phenoxy) is 2. The van der Waals surface area contributed by atoms with Crippen molar-refractivity contribution in [2.24, 2.45) is 5.92 Å².